The normalized spacial score (nSPS) is 19.6. The van der Waals surface area contributed by atoms with Crippen molar-refractivity contribution in [3.05, 3.63) is 112 Å². The number of carbonyl (C=O) groups is 1. The number of carbonyl (C=O) groups excluding carboxylic acids is 1. The van der Waals surface area contributed by atoms with Crippen molar-refractivity contribution in [2.24, 2.45) is 0 Å². The number of ketones is 1. The topological polar surface area (TPSA) is 47.0 Å². The molecule has 42 heavy (non-hydrogen) atoms. The van der Waals surface area contributed by atoms with Crippen molar-refractivity contribution in [1.82, 2.24) is 9.80 Å². The van der Waals surface area contributed by atoms with Crippen molar-refractivity contribution >= 4 is 23.6 Å². The molecule has 0 aliphatic carbocycles. The average molecular weight is 584 g/mol. The summed E-state index contributed by atoms with van der Waals surface area (Å²) in [6.07, 6.45) is 2.33. The van der Waals surface area contributed by atoms with Gasteiger partial charge < -0.3 is 10.0 Å². The number of hydrogen-bond acceptors (Lipinski definition) is 5. The summed E-state index contributed by atoms with van der Waals surface area (Å²) in [7, 11) is 0. The molecule has 3 aromatic carbocycles. The van der Waals surface area contributed by atoms with E-state index in [1.165, 1.54) is 36.4 Å². The maximum Gasteiger partial charge on any atom is 0.187 e. The number of rotatable bonds is 7. The lowest BCUT2D eigenvalue weighted by Crippen LogP contribution is -2.49. The number of Topliss-reactive ketones (excluding diaryl/α,β-unsaturated/α-hetero) is 1. The first-order valence-corrected chi connectivity index (χ1v) is 13.7. The van der Waals surface area contributed by atoms with Crippen molar-refractivity contribution in [3.63, 3.8) is 0 Å². The predicted molar refractivity (Wildman–Crippen MR) is 151 cm³/mol. The first-order valence-electron chi connectivity index (χ1n) is 13.7. The highest BCUT2D eigenvalue weighted by molar-refractivity contribution is 6.14. The van der Waals surface area contributed by atoms with E-state index in [2.05, 4.69) is 9.80 Å². The Morgan fingerprint density at radius 3 is 1.74 bits per heavy atom. The van der Waals surface area contributed by atoms with Gasteiger partial charge in [-0.05, 0) is 78.2 Å². The van der Waals surface area contributed by atoms with Gasteiger partial charge in [-0.3, -0.25) is 14.6 Å². The van der Waals surface area contributed by atoms with E-state index < -0.39 is 29.5 Å². The molecule has 1 unspecified atom stereocenters. The Labute approximate surface area is 240 Å². The molecule has 1 atom stereocenters. The first kappa shape index (κ1) is 29.6. The number of anilines is 1. The Hall–Kier alpha value is -3.86. The van der Waals surface area contributed by atoms with Crippen LogP contribution in [0.25, 0.3) is 12.2 Å². The Bertz CT molecular complexity index is 1430. The molecule has 0 radical (unpaired) electrons. The molecule has 2 saturated heterocycles. The van der Waals surface area contributed by atoms with Crippen LogP contribution < -0.4 is 4.90 Å². The molecule has 2 fully saturated rings. The number of piperazine rings is 1. The highest BCUT2D eigenvalue weighted by Crippen LogP contribution is 2.25. The van der Waals surface area contributed by atoms with Gasteiger partial charge in [0, 0.05) is 62.6 Å². The van der Waals surface area contributed by atoms with Crippen LogP contribution in [-0.2, 0) is 4.79 Å². The molecular formula is C32H30F5N3O2. The van der Waals surface area contributed by atoms with Gasteiger partial charge in [0.2, 0.25) is 0 Å². The predicted octanol–water partition coefficient (Wildman–Crippen LogP) is 5.26. The van der Waals surface area contributed by atoms with Gasteiger partial charge in [-0.1, -0.05) is 12.1 Å². The Kier molecular flexibility index (Phi) is 9.15. The lowest BCUT2D eigenvalue weighted by Gasteiger charge is -2.38. The zero-order chi connectivity index (χ0) is 29.8. The molecular weight excluding hydrogens is 553 g/mol. The third-order valence-electron chi connectivity index (χ3n) is 7.59. The zero-order valence-electron chi connectivity index (χ0n) is 22.7. The molecule has 5 nitrogen and oxygen atoms in total. The second-order valence-electron chi connectivity index (χ2n) is 10.5. The van der Waals surface area contributed by atoms with Crippen molar-refractivity contribution in [2.45, 2.75) is 12.6 Å². The van der Waals surface area contributed by atoms with Gasteiger partial charge in [-0.15, -0.1) is 0 Å². The third kappa shape index (κ3) is 7.13. The van der Waals surface area contributed by atoms with Gasteiger partial charge in [-0.2, -0.15) is 0 Å². The molecule has 5 rings (SSSR count). The summed E-state index contributed by atoms with van der Waals surface area (Å²) in [4.78, 5) is 19.4. The number of aliphatic hydroxyl groups is 1. The molecule has 0 aromatic heterocycles. The average Bonchev–Trinajstić information content (AvgIpc) is 2.98. The van der Waals surface area contributed by atoms with Crippen LogP contribution in [0.4, 0.5) is 27.6 Å². The van der Waals surface area contributed by atoms with E-state index in [0.717, 1.165) is 56.1 Å². The lowest BCUT2D eigenvalue weighted by molar-refractivity contribution is -0.114. The molecule has 220 valence electrons. The van der Waals surface area contributed by atoms with Gasteiger partial charge in [0.1, 0.15) is 12.0 Å². The Morgan fingerprint density at radius 2 is 1.24 bits per heavy atom. The fourth-order valence-electron chi connectivity index (χ4n) is 5.25. The van der Waals surface area contributed by atoms with Crippen LogP contribution in [0.2, 0.25) is 0 Å². The van der Waals surface area contributed by atoms with E-state index in [-0.39, 0.29) is 47.0 Å². The monoisotopic (exact) mass is 583 g/mol. The second kappa shape index (κ2) is 13.0. The molecule has 2 heterocycles. The second-order valence-corrected chi connectivity index (χ2v) is 10.5. The van der Waals surface area contributed by atoms with Crippen LogP contribution in [0.1, 0.15) is 17.5 Å². The van der Waals surface area contributed by atoms with Crippen LogP contribution >= 0.6 is 0 Å². The SMILES string of the molecule is O=C1/C(=C/c2ccc(F)c(F)c2)CN(C(O)CCN2CCN(c3ccc(F)cc3)CC2)C/C1=C\c1ccc(F)c(F)c1. The fraction of sp³-hybridized carbons (Fsp3) is 0.281. The minimum absolute atomic E-state index is 0.0620. The molecule has 10 heteroatoms. The number of aliphatic hydroxyl groups excluding tert-OH is 1. The van der Waals surface area contributed by atoms with Crippen LogP contribution in [0.3, 0.4) is 0 Å². The van der Waals surface area contributed by atoms with Gasteiger partial charge >= 0.3 is 0 Å². The molecule has 2 aliphatic rings. The Balaban J connectivity index is 1.29. The zero-order valence-corrected chi connectivity index (χ0v) is 22.7. The summed E-state index contributed by atoms with van der Waals surface area (Å²) >= 11 is 0. The summed E-state index contributed by atoms with van der Waals surface area (Å²) in [6.45, 7) is 3.73. The van der Waals surface area contributed by atoms with Gasteiger partial charge in [0.15, 0.2) is 29.1 Å². The minimum atomic E-state index is -1.05. The first-order chi connectivity index (χ1) is 20.2. The van der Waals surface area contributed by atoms with Crippen molar-refractivity contribution in [2.75, 3.05) is 50.7 Å². The van der Waals surface area contributed by atoms with Crippen LogP contribution in [0, 0.1) is 29.1 Å². The van der Waals surface area contributed by atoms with E-state index in [1.807, 2.05) is 0 Å². The van der Waals surface area contributed by atoms with Crippen LogP contribution in [0.5, 0.6) is 0 Å². The summed E-state index contributed by atoms with van der Waals surface area (Å²) in [6, 6.07) is 13.0. The van der Waals surface area contributed by atoms with E-state index in [1.54, 1.807) is 17.0 Å². The number of halogens is 5. The highest BCUT2D eigenvalue weighted by atomic mass is 19.2. The molecule has 0 saturated carbocycles. The van der Waals surface area contributed by atoms with Gasteiger partial charge in [-0.25, -0.2) is 22.0 Å². The van der Waals surface area contributed by atoms with E-state index in [0.29, 0.717) is 13.0 Å². The molecule has 3 aromatic rings. The minimum Gasteiger partial charge on any atom is -0.378 e. The highest BCUT2D eigenvalue weighted by Gasteiger charge is 2.30. The molecule has 2 aliphatic heterocycles. The summed E-state index contributed by atoms with van der Waals surface area (Å²) in [5.41, 5.74) is 2.00. The van der Waals surface area contributed by atoms with Gasteiger partial charge in [0.05, 0.1) is 0 Å². The molecule has 0 bridgehead atoms. The number of benzene rings is 3. The Morgan fingerprint density at radius 1 is 0.714 bits per heavy atom. The lowest BCUT2D eigenvalue weighted by atomic mass is 9.93. The van der Waals surface area contributed by atoms with E-state index in [4.69, 9.17) is 0 Å². The van der Waals surface area contributed by atoms with Crippen molar-refractivity contribution in [3.8, 4) is 0 Å². The standard InChI is InChI=1S/C32H30F5N3O2/c33-25-3-5-26(6-4-25)39-13-11-38(12-14-39)10-9-31(41)40-19-23(15-21-1-7-27(34)29(36)17-21)32(42)24(20-40)16-22-2-8-28(35)30(37)18-22/h1-8,15-18,31,41H,9-14,19-20H2/b23-15+,24-16+. The molecule has 0 amide bonds. The molecule has 1 N–H and O–H groups in total. The summed E-state index contributed by atoms with van der Waals surface area (Å²) in [5.74, 6) is -4.80. The van der Waals surface area contributed by atoms with E-state index in [9.17, 15) is 31.9 Å². The number of nitrogens with zero attached hydrogens (tertiary/aromatic N) is 3. The van der Waals surface area contributed by atoms with Crippen LogP contribution in [0.15, 0.2) is 71.8 Å². The van der Waals surface area contributed by atoms with Crippen molar-refractivity contribution in [1.29, 1.82) is 0 Å². The summed E-state index contributed by atoms with van der Waals surface area (Å²) in [5, 5.41) is 11.1. The maximum absolute atomic E-state index is 13.8. The van der Waals surface area contributed by atoms with Gasteiger partial charge in [0.25, 0.3) is 0 Å². The van der Waals surface area contributed by atoms with E-state index >= 15 is 0 Å². The van der Waals surface area contributed by atoms with Crippen molar-refractivity contribution < 1.29 is 31.9 Å². The number of likely N-dealkylation sites (tertiary alicyclic amines) is 1. The number of hydrogen-bond donors (Lipinski definition) is 1. The fourth-order valence-corrected chi connectivity index (χ4v) is 5.25. The summed E-state index contributed by atoms with van der Waals surface area (Å²) < 4.78 is 67.9. The maximum atomic E-state index is 13.8. The number of piperidine rings is 1. The third-order valence-corrected chi connectivity index (χ3v) is 7.59. The largest absolute Gasteiger partial charge is 0.378 e. The quantitative estimate of drug-likeness (QED) is 0.304. The molecule has 0 spiro atoms. The van der Waals surface area contributed by atoms with Crippen LogP contribution in [-0.4, -0.2) is 72.7 Å². The smallest absolute Gasteiger partial charge is 0.187 e.